The number of hydrogen-bond acceptors (Lipinski definition) is 5. The largest absolute Gasteiger partial charge is 0.460 e. The number of esters is 1. The van der Waals surface area contributed by atoms with Crippen LogP contribution in [0.2, 0.25) is 0 Å². The number of aryl methyl sites for hydroxylation is 2. The van der Waals surface area contributed by atoms with E-state index >= 15 is 0 Å². The SMILES string of the molecule is CC(=O)OC(C)(C)C.CCCC1(CCC(C)CC)CCC(C)=C(c2cccc(-c3c(C)noc3C)c2)NC1=O. The van der Waals surface area contributed by atoms with Gasteiger partial charge in [0.2, 0.25) is 5.91 Å². The molecular formula is C33H50N2O4. The molecule has 0 spiro atoms. The standard InChI is InChI=1S/C27H38N2O2.C6H12O2/c1-7-14-27(15-12-18(3)8-2)16-13-19(4)25(28-26(27)30)23-11-9-10-22(17-23)24-20(5)29-31-21(24)6;1-5(7)8-6(2,3)4/h9-11,17-18H,7-8,12-16H2,1-6H3,(H,28,30);1-4H3. The molecule has 1 aromatic carbocycles. The number of hydrogen-bond donors (Lipinski definition) is 1. The van der Waals surface area contributed by atoms with Crippen molar-refractivity contribution in [2.75, 3.05) is 0 Å². The van der Waals surface area contributed by atoms with Crippen molar-refractivity contribution in [1.82, 2.24) is 10.5 Å². The molecule has 1 N–H and O–H groups in total. The molecule has 0 fully saturated rings. The third-order valence-corrected chi connectivity index (χ3v) is 7.59. The van der Waals surface area contributed by atoms with Gasteiger partial charge in [0, 0.05) is 23.6 Å². The minimum Gasteiger partial charge on any atom is -0.460 e. The Hall–Kier alpha value is -2.89. The van der Waals surface area contributed by atoms with Crippen molar-refractivity contribution in [3.05, 3.63) is 46.9 Å². The highest BCUT2D eigenvalue weighted by molar-refractivity contribution is 5.93. The number of nitrogens with one attached hydrogen (secondary N) is 1. The fraction of sp³-hybridized carbons (Fsp3) is 0.606. The molecule has 0 saturated heterocycles. The van der Waals surface area contributed by atoms with E-state index in [1.54, 1.807) is 0 Å². The van der Waals surface area contributed by atoms with Gasteiger partial charge in [0.25, 0.3) is 0 Å². The summed E-state index contributed by atoms with van der Waals surface area (Å²) in [6.07, 6.45) is 7.12. The zero-order valence-corrected chi connectivity index (χ0v) is 25.9. The van der Waals surface area contributed by atoms with Gasteiger partial charge in [-0.15, -0.1) is 0 Å². The highest BCUT2D eigenvalue weighted by atomic mass is 16.6. The third-order valence-electron chi connectivity index (χ3n) is 7.59. The monoisotopic (exact) mass is 538 g/mol. The Morgan fingerprint density at radius 2 is 1.82 bits per heavy atom. The van der Waals surface area contributed by atoms with Crippen LogP contribution in [0.5, 0.6) is 0 Å². The van der Waals surface area contributed by atoms with E-state index in [4.69, 9.17) is 9.26 Å². The van der Waals surface area contributed by atoms with Gasteiger partial charge in [-0.3, -0.25) is 9.59 Å². The van der Waals surface area contributed by atoms with E-state index in [-0.39, 0.29) is 22.9 Å². The molecule has 0 radical (unpaired) electrons. The molecule has 1 aromatic heterocycles. The lowest BCUT2D eigenvalue weighted by molar-refractivity contribution is -0.151. The minimum absolute atomic E-state index is 0.201. The number of carbonyl (C=O) groups excluding carboxylic acids is 2. The third kappa shape index (κ3) is 9.08. The van der Waals surface area contributed by atoms with Crippen LogP contribution in [0.15, 0.2) is 34.4 Å². The first-order valence-electron chi connectivity index (χ1n) is 14.5. The predicted molar refractivity (Wildman–Crippen MR) is 159 cm³/mol. The van der Waals surface area contributed by atoms with Gasteiger partial charge >= 0.3 is 5.97 Å². The van der Waals surface area contributed by atoms with Gasteiger partial charge < -0.3 is 14.6 Å². The minimum atomic E-state index is -0.328. The van der Waals surface area contributed by atoms with Crippen molar-refractivity contribution >= 4 is 17.6 Å². The molecular weight excluding hydrogens is 488 g/mol. The van der Waals surface area contributed by atoms with Crippen LogP contribution in [0.4, 0.5) is 0 Å². The molecule has 0 bridgehead atoms. The lowest BCUT2D eigenvalue weighted by Gasteiger charge is -2.32. The fourth-order valence-electron chi connectivity index (χ4n) is 5.30. The molecule has 6 nitrogen and oxygen atoms in total. The van der Waals surface area contributed by atoms with E-state index in [0.29, 0.717) is 5.92 Å². The summed E-state index contributed by atoms with van der Waals surface area (Å²) in [5.74, 6) is 1.45. The number of ether oxygens (including phenoxy) is 1. The Morgan fingerprint density at radius 3 is 2.33 bits per heavy atom. The summed E-state index contributed by atoms with van der Waals surface area (Å²) in [4.78, 5) is 23.8. The van der Waals surface area contributed by atoms with Crippen LogP contribution in [0.1, 0.15) is 117 Å². The lowest BCUT2D eigenvalue weighted by atomic mass is 9.73. The molecule has 0 aliphatic carbocycles. The molecule has 1 aliphatic heterocycles. The quantitative estimate of drug-likeness (QED) is 0.340. The summed E-state index contributed by atoms with van der Waals surface area (Å²) < 4.78 is 10.2. The second kappa shape index (κ2) is 14.0. The van der Waals surface area contributed by atoms with E-state index in [9.17, 15) is 9.59 Å². The molecule has 2 atom stereocenters. The van der Waals surface area contributed by atoms with Crippen molar-refractivity contribution in [2.45, 2.75) is 120 Å². The van der Waals surface area contributed by atoms with Gasteiger partial charge in [-0.05, 0) is 102 Å². The highest BCUT2D eigenvalue weighted by Gasteiger charge is 2.39. The van der Waals surface area contributed by atoms with Gasteiger partial charge in [-0.1, -0.05) is 57.0 Å². The van der Waals surface area contributed by atoms with Gasteiger partial charge in [0.05, 0.1) is 5.69 Å². The summed E-state index contributed by atoms with van der Waals surface area (Å²) >= 11 is 0. The summed E-state index contributed by atoms with van der Waals surface area (Å²) in [5, 5.41) is 7.47. The fourth-order valence-corrected chi connectivity index (χ4v) is 5.30. The molecule has 6 heteroatoms. The Labute approximate surface area is 236 Å². The number of benzene rings is 1. The van der Waals surface area contributed by atoms with E-state index in [0.717, 1.165) is 72.4 Å². The predicted octanol–water partition coefficient (Wildman–Crippen LogP) is 8.56. The highest BCUT2D eigenvalue weighted by Crippen LogP contribution is 2.41. The number of nitrogens with zero attached hydrogens (tertiary/aromatic N) is 1. The van der Waals surface area contributed by atoms with Gasteiger partial charge in [-0.25, -0.2) is 0 Å². The van der Waals surface area contributed by atoms with Crippen LogP contribution in [-0.2, 0) is 14.3 Å². The van der Waals surface area contributed by atoms with E-state index in [1.807, 2.05) is 34.6 Å². The Morgan fingerprint density at radius 1 is 1.15 bits per heavy atom. The molecule has 2 unspecified atom stereocenters. The normalized spacial score (nSPS) is 18.6. The second-order valence-electron chi connectivity index (χ2n) is 12.2. The van der Waals surface area contributed by atoms with Crippen LogP contribution in [-0.4, -0.2) is 22.6 Å². The maximum Gasteiger partial charge on any atom is 0.303 e. The van der Waals surface area contributed by atoms with Crippen molar-refractivity contribution in [2.24, 2.45) is 11.3 Å². The summed E-state index contributed by atoms with van der Waals surface area (Å²) in [6, 6.07) is 8.37. The molecule has 1 aliphatic rings. The Balaban J connectivity index is 0.000000580. The number of aromatic nitrogens is 1. The second-order valence-corrected chi connectivity index (χ2v) is 12.2. The van der Waals surface area contributed by atoms with Crippen LogP contribution < -0.4 is 5.32 Å². The van der Waals surface area contributed by atoms with Crippen molar-refractivity contribution in [1.29, 1.82) is 0 Å². The lowest BCUT2D eigenvalue weighted by Crippen LogP contribution is -2.39. The summed E-state index contributed by atoms with van der Waals surface area (Å²) in [5.41, 5.74) is 5.69. The summed E-state index contributed by atoms with van der Waals surface area (Å²) in [7, 11) is 0. The first-order valence-corrected chi connectivity index (χ1v) is 14.5. The van der Waals surface area contributed by atoms with Crippen LogP contribution in [0.3, 0.4) is 0 Å². The van der Waals surface area contributed by atoms with Crippen LogP contribution in [0.25, 0.3) is 16.8 Å². The zero-order chi connectivity index (χ0) is 29.4. The van der Waals surface area contributed by atoms with E-state index < -0.39 is 0 Å². The molecule has 2 aromatic rings. The molecule has 216 valence electrons. The van der Waals surface area contributed by atoms with Crippen molar-refractivity contribution in [3.63, 3.8) is 0 Å². The number of rotatable bonds is 8. The van der Waals surface area contributed by atoms with Gasteiger partial charge in [0.15, 0.2) is 0 Å². The molecule has 39 heavy (non-hydrogen) atoms. The maximum atomic E-state index is 13.6. The molecule has 2 heterocycles. The topological polar surface area (TPSA) is 81.4 Å². The molecule has 0 saturated carbocycles. The van der Waals surface area contributed by atoms with Gasteiger partial charge in [0.1, 0.15) is 11.4 Å². The first kappa shape index (κ1) is 32.3. The van der Waals surface area contributed by atoms with Gasteiger partial charge in [-0.2, -0.15) is 0 Å². The first-order chi connectivity index (χ1) is 18.2. The van der Waals surface area contributed by atoms with Crippen molar-refractivity contribution in [3.8, 4) is 11.1 Å². The van der Waals surface area contributed by atoms with E-state index in [2.05, 4.69) is 62.4 Å². The van der Waals surface area contributed by atoms with E-state index in [1.165, 1.54) is 18.9 Å². The zero-order valence-electron chi connectivity index (χ0n) is 25.9. The smallest absolute Gasteiger partial charge is 0.303 e. The van der Waals surface area contributed by atoms with Crippen molar-refractivity contribution < 1.29 is 18.8 Å². The number of amides is 1. The average molecular weight is 539 g/mol. The Kier molecular flexibility index (Phi) is 11.6. The maximum absolute atomic E-state index is 13.6. The molecule has 3 rings (SSSR count). The average Bonchev–Trinajstić information content (AvgIpc) is 3.14. The molecule has 1 amide bonds. The number of allylic oxidation sites excluding steroid dienone is 1. The Bertz CT molecular complexity index is 1140. The number of carbonyl (C=O) groups is 2. The summed E-state index contributed by atoms with van der Waals surface area (Å²) in [6.45, 7) is 19.7. The van der Waals surface area contributed by atoms with Crippen LogP contribution >= 0.6 is 0 Å². The van der Waals surface area contributed by atoms with Crippen LogP contribution in [0, 0.1) is 25.2 Å².